The smallest absolute Gasteiger partial charge is 0.334 e. The van der Waals surface area contributed by atoms with Crippen molar-refractivity contribution in [1.82, 2.24) is 10.1 Å². The van der Waals surface area contributed by atoms with Crippen LogP contribution >= 0.6 is 27.7 Å². The van der Waals surface area contributed by atoms with Crippen LogP contribution in [0.15, 0.2) is 50.3 Å². The average molecular weight is 487 g/mol. The van der Waals surface area contributed by atoms with Gasteiger partial charge in [-0.25, -0.2) is 4.39 Å². The molecule has 0 aliphatic heterocycles. The summed E-state index contributed by atoms with van der Waals surface area (Å²) in [7, 11) is 0. The van der Waals surface area contributed by atoms with Gasteiger partial charge in [-0.3, -0.25) is 0 Å². The monoisotopic (exact) mass is 486 g/mol. The molecule has 152 valence electrons. The molecule has 0 spiro atoms. The van der Waals surface area contributed by atoms with Crippen LogP contribution in [-0.2, 0) is 6.18 Å². The van der Waals surface area contributed by atoms with E-state index in [0.29, 0.717) is 5.56 Å². The number of rotatable bonds is 4. The second kappa shape index (κ2) is 8.10. The Bertz CT molecular complexity index is 1030. The molecule has 9 heteroatoms. The molecular weight excluding hydrogens is 472 g/mol. The molecule has 1 aromatic heterocycles. The third-order valence-electron chi connectivity index (χ3n) is 4.73. The van der Waals surface area contributed by atoms with Gasteiger partial charge in [0.25, 0.3) is 5.89 Å². The van der Waals surface area contributed by atoms with Crippen molar-refractivity contribution in [2.45, 2.75) is 42.0 Å². The van der Waals surface area contributed by atoms with Crippen LogP contribution in [0.4, 0.5) is 17.6 Å². The summed E-state index contributed by atoms with van der Waals surface area (Å²) in [5.74, 6) is -0.301. The van der Waals surface area contributed by atoms with Gasteiger partial charge >= 0.3 is 6.18 Å². The first-order valence-electron chi connectivity index (χ1n) is 8.98. The van der Waals surface area contributed by atoms with Crippen molar-refractivity contribution in [3.63, 3.8) is 0 Å². The fourth-order valence-corrected chi connectivity index (χ4v) is 5.02. The van der Waals surface area contributed by atoms with Crippen molar-refractivity contribution in [2.24, 2.45) is 0 Å². The maximum absolute atomic E-state index is 13.6. The van der Waals surface area contributed by atoms with Crippen LogP contribution in [0.2, 0.25) is 0 Å². The van der Waals surface area contributed by atoms with Gasteiger partial charge in [0.15, 0.2) is 0 Å². The highest BCUT2D eigenvalue weighted by Gasteiger charge is 2.35. The molecule has 0 saturated heterocycles. The summed E-state index contributed by atoms with van der Waals surface area (Å²) in [5, 5.41) is 4.03. The minimum atomic E-state index is -4.48. The van der Waals surface area contributed by atoms with Crippen LogP contribution in [0.3, 0.4) is 0 Å². The summed E-state index contributed by atoms with van der Waals surface area (Å²) >= 11 is 4.37. The molecule has 0 radical (unpaired) electrons. The molecule has 0 amide bonds. The van der Waals surface area contributed by atoms with Crippen molar-refractivity contribution in [1.29, 1.82) is 0 Å². The number of alkyl halides is 3. The second-order valence-corrected chi connectivity index (χ2v) is 8.98. The Morgan fingerprint density at radius 3 is 2.45 bits per heavy atom. The number of aromatic nitrogens is 2. The minimum absolute atomic E-state index is 0.0247. The summed E-state index contributed by atoms with van der Waals surface area (Å²) < 4.78 is 59.8. The van der Waals surface area contributed by atoms with Gasteiger partial charge in [0.05, 0.1) is 10.0 Å². The first kappa shape index (κ1) is 20.4. The molecule has 1 fully saturated rings. The third kappa shape index (κ3) is 4.50. The highest BCUT2D eigenvalue weighted by atomic mass is 79.9. The van der Waals surface area contributed by atoms with Gasteiger partial charge in [0, 0.05) is 21.3 Å². The summed E-state index contributed by atoms with van der Waals surface area (Å²) in [6.07, 6.45) is -0.502. The third-order valence-corrected chi connectivity index (χ3v) is 6.75. The molecule has 3 nitrogen and oxygen atoms in total. The molecule has 1 aliphatic carbocycles. The molecular formula is C20H15BrF4N2OS. The fraction of sp³-hybridized carbons (Fsp3) is 0.300. The maximum atomic E-state index is 13.6. The Balaban J connectivity index is 1.66. The van der Waals surface area contributed by atoms with E-state index in [1.54, 1.807) is 6.07 Å². The molecule has 1 aliphatic rings. The number of benzene rings is 2. The highest BCUT2D eigenvalue weighted by molar-refractivity contribution is 9.10. The number of thioether (sulfide) groups is 1. The number of hydrogen-bond acceptors (Lipinski definition) is 4. The van der Waals surface area contributed by atoms with Crippen LogP contribution in [0.5, 0.6) is 0 Å². The van der Waals surface area contributed by atoms with Crippen molar-refractivity contribution < 1.29 is 22.1 Å². The van der Waals surface area contributed by atoms with E-state index in [9.17, 15) is 17.6 Å². The van der Waals surface area contributed by atoms with E-state index in [1.165, 1.54) is 36.0 Å². The van der Waals surface area contributed by atoms with Crippen LogP contribution in [0, 0.1) is 5.82 Å². The highest BCUT2D eigenvalue weighted by Crippen LogP contribution is 2.43. The van der Waals surface area contributed by atoms with Gasteiger partial charge in [0.1, 0.15) is 5.82 Å². The van der Waals surface area contributed by atoms with Gasteiger partial charge < -0.3 is 4.52 Å². The van der Waals surface area contributed by atoms with Crippen LogP contribution in [0.25, 0.3) is 22.8 Å². The first-order valence-corrected chi connectivity index (χ1v) is 10.7. The molecule has 2 aromatic carbocycles. The van der Waals surface area contributed by atoms with Gasteiger partial charge in [-0.1, -0.05) is 18.0 Å². The second-order valence-electron chi connectivity index (χ2n) is 6.79. The Labute approximate surface area is 177 Å². The molecule has 1 heterocycles. The Hall–Kier alpha value is -1.87. The molecule has 1 saturated carbocycles. The lowest BCUT2D eigenvalue weighted by Crippen LogP contribution is -2.08. The van der Waals surface area contributed by atoms with Gasteiger partial charge in [0.2, 0.25) is 5.82 Å². The number of hydrogen-bond donors (Lipinski definition) is 0. The standard InChI is InChI=1S/C20H15BrF4N2OS/c21-15-10-11(5-7-16(15)22)18-26-19(28-27-18)12-6-8-17(14(9-12)20(23,24)25)29-13-3-1-2-4-13/h5-10,13H,1-4H2. The van der Waals surface area contributed by atoms with E-state index >= 15 is 0 Å². The Morgan fingerprint density at radius 1 is 1.03 bits per heavy atom. The van der Waals surface area contributed by atoms with Crippen LogP contribution in [0.1, 0.15) is 31.2 Å². The predicted octanol–water partition coefficient (Wildman–Crippen LogP) is 7.36. The topological polar surface area (TPSA) is 38.9 Å². The lowest BCUT2D eigenvalue weighted by molar-refractivity contribution is -0.139. The largest absolute Gasteiger partial charge is 0.417 e. The van der Waals surface area contributed by atoms with Crippen molar-refractivity contribution >= 4 is 27.7 Å². The maximum Gasteiger partial charge on any atom is 0.417 e. The molecule has 4 rings (SSSR count). The first-order chi connectivity index (χ1) is 13.8. The molecule has 3 aromatic rings. The van der Waals surface area contributed by atoms with Crippen molar-refractivity contribution in [3.05, 3.63) is 52.3 Å². The van der Waals surface area contributed by atoms with E-state index in [-0.39, 0.29) is 31.9 Å². The zero-order chi connectivity index (χ0) is 20.6. The fourth-order valence-electron chi connectivity index (χ4n) is 3.27. The van der Waals surface area contributed by atoms with E-state index in [1.807, 2.05) is 0 Å². The van der Waals surface area contributed by atoms with E-state index in [4.69, 9.17) is 4.52 Å². The molecule has 0 N–H and O–H groups in total. The van der Waals surface area contributed by atoms with Gasteiger partial charge in [-0.2, -0.15) is 18.2 Å². The summed E-state index contributed by atoms with van der Waals surface area (Å²) in [5.41, 5.74) is -0.0260. The Morgan fingerprint density at radius 2 is 1.76 bits per heavy atom. The lowest BCUT2D eigenvalue weighted by Gasteiger charge is -2.16. The quantitative estimate of drug-likeness (QED) is 0.361. The van der Waals surface area contributed by atoms with Gasteiger partial charge in [-0.15, -0.1) is 11.8 Å². The predicted molar refractivity (Wildman–Crippen MR) is 106 cm³/mol. The molecule has 29 heavy (non-hydrogen) atoms. The van der Waals surface area contributed by atoms with Crippen molar-refractivity contribution in [3.8, 4) is 22.8 Å². The summed E-state index contributed by atoms with van der Waals surface area (Å²) in [4.78, 5) is 4.40. The van der Waals surface area contributed by atoms with Gasteiger partial charge in [-0.05, 0) is 65.2 Å². The van der Waals surface area contributed by atoms with Crippen molar-refractivity contribution in [2.75, 3.05) is 0 Å². The minimum Gasteiger partial charge on any atom is -0.334 e. The van der Waals surface area contributed by atoms with E-state index in [2.05, 4.69) is 26.1 Å². The lowest BCUT2D eigenvalue weighted by atomic mass is 10.1. The van der Waals surface area contributed by atoms with Crippen LogP contribution < -0.4 is 0 Å². The number of nitrogens with zero attached hydrogens (tertiary/aromatic N) is 2. The van der Waals surface area contributed by atoms with E-state index < -0.39 is 17.6 Å². The average Bonchev–Trinajstić information content (AvgIpc) is 3.35. The zero-order valence-electron chi connectivity index (χ0n) is 15.0. The Kier molecular flexibility index (Phi) is 5.70. The zero-order valence-corrected chi connectivity index (χ0v) is 17.4. The molecule has 0 bridgehead atoms. The van der Waals surface area contributed by atoms with E-state index in [0.717, 1.165) is 31.7 Å². The summed E-state index contributed by atoms with van der Waals surface area (Å²) in [6, 6.07) is 8.27. The number of halogens is 5. The SMILES string of the molecule is Fc1ccc(-c2noc(-c3ccc(SC4CCCC4)c(C(F)(F)F)c3)n2)cc1Br. The molecule has 0 unspecified atom stereocenters. The summed E-state index contributed by atoms with van der Waals surface area (Å²) in [6.45, 7) is 0. The normalized spacial score (nSPS) is 15.2. The van der Waals surface area contributed by atoms with Crippen LogP contribution in [-0.4, -0.2) is 15.4 Å². The molecule has 0 atom stereocenters.